The molecule has 0 heterocycles. The number of nitrogens with one attached hydrogen (secondary N) is 2. The van der Waals surface area contributed by atoms with Crippen LogP contribution in [0.5, 0.6) is 0 Å². The molecule has 32 heavy (non-hydrogen) atoms. The molecule has 0 fully saturated rings. The van der Waals surface area contributed by atoms with Crippen LogP contribution in [0.15, 0.2) is 89.8 Å². The predicted octanol–water partition coefficient (Wildman–Crippen LogP) is 4.31. The van der Waals surface area contributed by atoms with Crippen LogP contribution in [0.3, 0.4) is 0 Å². The quantitative estimate of drug-likeness (QED) is 0.509. The third kappa shape index (κ3) is 5.75. The molecule has 0 bridgehead atoms. The summed E-state index contributed by atoms with van der Waals surface area (Å²) in [5.74, 6) is 0. The van der Waals surface area contributed by atoms with Gasteiger partial charge >= 0.3 is 6.03 Å². The summed E-state index contributed by atoms with van der Waals surface area (Å²) in [6.45, 7) is 4.76. The Morgan fingerprint density at radius 1 is 0.812 bits per heavy atom. The summed E-state index contributed by atoms with van der Waals surface area (Å²) in [6, 6.07) is 25.6. The van der Waals surface area contributed by atoms with Crippen molar-refractivity contribution in [3.05, 3.63) is 102 Å². The highest BCUT2D eigenvalue weighted by Gasteiger charge is 2.21. The number of hydrogen-bond acceptors (Lipinski definition) is 3. The number of nitrogens with zero attached hydrogens (tertiary/aromatic N) is 1. The highest BCUT2D eigenvalue weighted by atomic mass is 32.2. The second-order valence-electron chi connectivity index (χ2n) is 7.31. The van der Waals surface area contributed by atoms with Gasteiger partial charge in [0.15, 0.2) is 0 Å². The van der Waals surface area contributed by atoms with Crippen LogP contribution in [0.2, 0.25) is 0 Å². The smallest absolute Gasteiger partial charge is 0.315 e. The summed E-state index contributed by atoms with van der Waals surface area (Å²) >= 11 is 0. The van der Waals surface area contributed by atoms with Crippen molar-refractivity contribution in [2.24, 2.45) is 0 Å². The summed E-state index contributed by atoms with van der Waals surface area (Å²) in [4.78, 5) is 12.9. The van der Waals surface area contributed by atoms with Crippen LogP contribution in [-0.2, 0) is 16.6 Å². The lowest BCUT2D eigenvalue weighted by Gasteiger charge is -2.20. The van der Waals surface area contributed by atoms with Gasteiger partial charge in [-0.15, -0.1) is 0 Å². The molecule has 3 aromatic carbocycles. The maximum atomic E-state index is 12.6. The molecule has 7 heteroatoms. The van der Waals surface area contributed by atoms with E-state index in [1.807, 2.05) is 74.5 Å². The van der Waals surface area contributed by atoms with Crippen molar-refractivity contribution in [2.75, 3.05) is 13.1 Å². The van der Waals surface area contributed by atoms with Crippen molar-refractivity contribution in [3.8, 4) is 0 Å². The topological polar surface area (TPSA) is 78.5 Å². The molecule has 6 nitrogen and oxygen atoms in total. The van der Waals surface area contributed by atoms with Crippen molar-refractivity contribution < 1.29 is 13.2 Å². The number of urea groups is 1. The Morgan fingerprint density at radius 2 is 1.31 bits per heavy atom. The largest absolute Gasteiger partial charge is 0.334 e. The third-order valence-corrected chi connectivity index (χ3v) is 7.32. The fraction of sp³-hybridized carbons (Fsp3) is 0.240. The van der Waals surface area contributed by atoms with E-state index in [1.165, 1.54) is 4.31 Å². The van der Waals surface area contributed by atoms with E-state index < -0.39 is 10.0 Å². The molecule has 0 aliphatic rings. The Morgan fingerprint density at radius 3 is 1.78 bits per heavy atom. The molecule has 0 aliphatic heterocycles. The molecule has 0 saturated carbocycles. The van der Waals surface area contributed by atoms with Crippen LogP contribution < -0.4 is 10.6 Å². The first-order valence-electron chi connectivity index (χ1n) is 10.7. The molecule has 0 atom stereocenters. The number of amides is 2. The van der Waals surface area contributed by atoms with E-state index in [0.29, 0.717) is 13.1 Å². The highest BCUT2D eigenvalue weighted by Crippen LogP contribution is 2.21. The van der Waals surface area contributed by atoms with Gasteiger partial charge in [-0.3, -0.25) is 0 Å². The molecule has 2 amide bonds. The van der Waals surface area contributed by atoms with Gasteiger partial charge in [-0.1, -0.05) is 86.6 Å². The maximum Gasteiger partial charge on any atom is 0.315 e. The first-order valence-corrected chi connectivity index (χ1v) is 12.1. The summed E-state index contributed by atoms with van der Waals surface area (Å²) in [5.41, 5.74) is 2.79. The van der Waals surface area contributed by atoms with E-state index in [1.54, 1.807) is 24.3 Å². The zero-order chi connectivity index (χ0) is 23.0. The molecule has 3 aromatic rings. The van der Waals surface area contributed by atoms with E-state index in [0.717, 1.165) is 16.7 Å². The Bertz CT molecular complexity index is 1060. The number of sulfonamides is 1. The molecule has 0 radical (unpaired) electrons. The first-order chi connectivity index (χ1) is 15.5. The molecular formula is C25H29N3O3S. The van der Waals surface area contributed by atoms with Crippen LogP contribution in [0.25, 0.3) is 0 Å². The normalized spacial score (nSPS) is 11.5. The zero-order valence-electron chi connectivity index (χ0n) is 18.4. The van der Waals surface area contributed by atoms with Gasteiger partial charge in [-0.2, -0.15) is 4.31 Å². The van der Waals surface area contributed by atoms with Gasteiger partial charge in [-0.25, -0.2) is 13.2 Å². The van der Waals surface area contributed by atoms with Crippen molar-refractivity contribution >= 4 is 16.1 Å². The van der Waals surface area contributed by atoms with Crippen LogP contribution >= 0.6 is 0 Å². The van der Waals surface area contributed by atoms with E-state index in [4.69, 9.17) is 0 Å². The van der Waals surface area contributed by atoms with Gasteiger partial charge in [0.25, 0.3) is 0 Å². The number of carbonyl (C=O) groups excluding carboxylic acids is 1. The molecule has 0 spiro atoms. The van der Waals surface area contributed by atoms with Crippen LogP contribution in [0.4, 0.5) is 4.79 Å². The first kappa shape index (κ1) is 23.5. The molecule has 3 rings (SSSR count). The fourth-order valence-corrected chi connectivity index (χ4v) is 4.96. The van der Waals surface area contributed by atoms with Crippen molar-refractivity contribution in [1.82, 2.24) is 14.9 Å². The summed E-state index contributed by atoms with van der Waals surface area (Å²) < 4.78 is 26.6. The molecule has 0 unspecified atom stereocenters. The Kier molecular flexibility index (Phi) is 8.03. The van der Waals surface area contributed by atoms with E-state index in [-0.39, 0.29) is 23.5 Å². The van der Waals surface area contributed by atoms with Gasteiger partial charge in [-0.05, 0) is 28.8 Å². The van der Waals surface area contributed by atoms with E-state index in [2.05, 4.69) is 10.6 Å². The van der Waals surface area contributed by atoms with Crippen LogP contribution in [0, 0.1) is 0 Å². The monoisotopic (exact) mass is 451 g/mol. The zero-order valence-corrected chi connectivity index (χ0v) is 19.2. The van der Waals surface area contributed by atoms with Crippen molar-refractivity contribution in [1.29, 1.82) is 0 Å². The summed E-state index contributed by atoms with van der Waals surface area (Å²) in [7, 11) is -3.49. The molecule has 0 aromatic heterocycles. The average molecular weight is 452 g/mol. The SMILES string of the molecule is CCN(CC)S(=O)(=O)c1ccc(CNC(=O)NC(c2ccccc2)c2ccccc2)cc1. The third-order valence-electron chi connectivity index (χ3n) is 5.26. The minimum atomic E-state index is -3.49. The number of carbonyl (C=O) groups is 1. The van der Waals surface area contributed by atoms with Gasteiger partial charge in [0, 0.05) is 19.6 Å². The second kappa shape index (κ2) is 10.9. The lowest BCUT2D eigenvalue weighted by molar-refractivity contribution is 0.238. The Balaban J connectivity index is 1.66. The molecule has 2 N–H and O–H groups in total. The standard InChI is InChI=1S/C25H29N3O3S/c1-3-28(4-2)32(30,31)23-17-15-20(16-18-23)19-26-25(29)27-24(21-11-7-5-8-12-21)22-13-9-6-10-14-22/h5-18,24H,3-4,19H2,1-2H3,(H2,26,27,29). The minimum Gasteiger partial charge on any atom is -0.334 e. The van der Waals surface area contributed by atoms with Gasteiger partial charge < -0.3 is 10.6 Å². The summed E-state index contributed by atoms with van der Waals surface area (Å²) in [6.07, 6.45) is 0. The number of hydrogen-bond donors (Lipinski definition) is 2. The van der Waals surface area contributed by atoms with E-state index in [9.17, 15) is 13.2 Å². The predicted molar refractivity (Wildman–Crippen MR) is 127 cm³/mol. The number of benzene rings is 3. The molecule has 0 saturated heterocycles. The van der Waals surface area contributed by atoms with Gasteiger partial charge in [0.1, 0.15) is 0 Å². The van der Waals surface area contributed by atoms with Crippen LogP contribution in [-0.4, -0.2) is 31.8 Å². The number of rotatable bonds is 9. The summed E-state index contributed by atoms with van der Waals surface area (Å²) in [5, 5.41) is 5.90. The van der Waals surface area contributed by atoms with Gasteiger partial charge in [0.2, 0.25) is 10.0 Å². The van der Waals surface area contributed by atoms with Gasteiger partial charge in [0.05, 0.1) is 10.9 Å². The van der Waals surface area contributed by atoms with Crippen LogP contribution in [0.1, 0.15) is 36.6 Å². The molecular weight excluding hydrogens is 422 g/mol. The van der Waals surface area contributed by atoms with Crippen molar-refractivity contribution in [3.63, 3.8) is 0 Å². The van der Waals surface area contributed by atoms with Crippen molar-refractivity contribution in [2.45, 2.75) is 31.3 Å². The maximum absolute atomic E-state index is 12.6. The highest BCUT2D eigenvalue weighted by molar-refractivity contribution is 7.89. The Hall–Kier alpha value is -3.16. The molecule has 168 valence electrons. The second-order valence-corrected chi connectivity index (χ2v) is 9.25. The fourth-order valence-electron chi connectivity index (χ4n) is 3.51. The average Bonchev–Trinajstić information content (AvgIpc) is 2.83. The lowest BCUT2D eigenvalue weighted by Crippen LogP contribution is -2.38. The Labute approximate surface area is 190 Å². The lowest BCUT2D eigenvalue weighted by atomic mass is 9.99. The molecule has 0 aliphatic carbocycles. The minimum absolute atomic E-state index is 0.252. The van der Waals surface area contributed by atoms with E-state index >= 15 is 0 Å².